The Bertz CT molecular complexity index is 124. The second kappa shape index (κ2) is 3.81. The Morgan fingerprint density at radius 3 is 2.73 bits per heavy atom. The van der Waals surface area contributed by atoms with Gasteiger partial charge in [0.2, 0.25) is 0 Å². The highest BCUT2D eigenvalue weighted by Crippen LogP contribution is 2.30. The first kappa shape index (κ1) is 9.39. The Morgan fingerprint density at radius 1 is 1.55 bits per heavy atom. The van der Waals surface area contributed by atoms with Gasteiger partial charge in [-0.2, -0.15) is 0 Å². The standard InChI is InChI=1S/C7H12BrF2N/c8-5-7(9,10)6-2-1-3-11-4-6/h6,11H,1-5H2. The highest BCUT2D eigenvalue weighted by atomic mass is 79.9. The second-order valence-corrected chi connectivity index (χ2v) is 3.50. The normalized spacial score (nSPS) is 27.0. The summed E-state index contributed by atoms with van der Waals surface area (Å²) in [7, 11) is 0. The Kier molecular flexibility index (Phi) is 3.25. The average molecular weight is 228 g/mol. The van der Waals surface area contributed by atoms with Crippen LogP contribution in [-0.4, -0.2) is 24.3 Å². The van der Waals surface area contributed by atoms with Crippen molar-refractivity contribution in [2.45, 2.75) is 18.8 Å². The zero-order valence-corrected chi connectivity index (χ0v) is 7.83. The van der Waals surface area contributed by atoms with Gasteiger partial charge in [0.05, 0.1) is 5.33 Å². The molecule has 1 nitrogen and oxygen atoms in total. The van der Waals surface area contributed by atoms with E-state index in [2.05, 4.69) is 21.2 Å². The molecular formula is C7H12BrF2N. The van der Waals surface area contributed by atoms with Crippen molar-refractivity contribution in [3.8, 4) is 0 Å². The molecule has 1 aliphatic heterocycles. The predicted octanol–water partition coefficient (Wildman–Crippen LogP) is 2.02. The van der Waals surface area contributed by atoms with Gasteiger partial charge in [-0.05, 0) is 19.4 Å². The number of halogens is 3. The third-order valence-corrected chi connectivity index (χ3v) is 2.82. The molecular weight excluding hydrogens is 216 g/mol. The molecule has 1 fully saturated rings. The Morgan fingerprint density at radius 2 is 2.27 bits per heavy atom. The summed E-state index contributed by atoms with van der Waals surface area (Å²) < 4.78 is 25.9. The van der Waals surface area contributed by atoms with Crippen LogP contribution in [0.15, 0.2) is 0 Å². The maximum absolute atomic E-state index is 13.0. The molecule has 0 aromatic carbocycles. The van der Waals surface area contributed by atoms with E-state index in [1.165, 1.54) is 0 Å². The Balaban J connectivity index is 2.43. The van der Waals surface area contributed by atoms with Crippen LogP contribution in [0.25, 0.3) is 0 Å². The van der Waals surface area contributed by atoms with Gasteiger partial charge in [-0.3, -0.25) is 0 Å². The quantitative estimate of drug-likeness (QED) is 0.713. The van der Waals surface area contributed by atoms with Gasteiger partial charge in [0, 0.05) is 12.5 Å². The van der Waals surface area contributed by atoms with E-state index in [0.29, 0.717) is 13.0 Å². The summed E-state index contributed by atoms with van der Waals surface area (Å²) in [5.41, 5.74) is 0. The second-order valence-electron chi connectivity index (χ2n) is 2.94. The average Bonchev–Trinajstić information content (AvgIpc) is 2.06. The van der Waals surface area contributed by atoms with Gasteiger partial charge in [-0.25, -0.2) is 8.78 Å². The summed E-state index contributed by atoms with van der Waals surface area (Å²) in [6, 6.07) is 0. The van der Waals surface area contributed by atoms with E-state index in [4.69, 9.17) is 0 Å². The van der Waals surface area contributed by atoms with Gasteiger partial charge in [0.15, 0.2) is 0 Å². The van der Waals surface area contributed by atoms with Crippen LogP contribution >= 0.6 is 15.9 Å². The smallest absolute Gasteiger partial charge is 0.261 e. The van der Waals surface area contributed by atoms with Crippen LogP contribution in [0.4, 0.5) is 8.78 Å². The van der Waals surface area contributed by atoms with Crippen LogP contribution in [0.5, 0.6) is 0 Å². The van der Waals surface area contributed by atoms with E-state index in [1.54, 1.807) is 0 Å². The molecule has 66 valence electrons. The molecule has 0 aliphatic carbocycles. The molecule has 1 rings (SSSR count). The van der Waals surface area contributed by atoms with Crippen molar-refractivity contribution in [3.63, 3.8) is 0 Å². The molecule has 0 aromatic heterocycles. The van der Waals surface area contributed by atoms with Crippen molar-refractivity contribution in [1.82, 2.24) is 5.32 Å². The van der Waals surface area contributed by atoms with Gasteiger partial charge >= 0.3 is 0 Å². The van der Waals surface area contributed by atoms with Crippen LogP contribution in [0.2, 0.25) is 0 Å². The van der Waals surface area contributed by atoms with Crippen LogP contribution in [0.1, 0.15) is 12.8 Å². The molecule has 0 aromatic rings. The first-order valence-corrected chi connectivity index (χ1v) is 4.93. The Hall–Kier alpha value is 0.300. The molecule has 0 amide bonds. The SMILES string of the molecule is FC(F)(CBr)C1CCCNC1. The molecule has 11 heavy (non-hydrogen) atoms. The zero-order valence-electron chi connectivity index (χ0n) is 6.25. The molecule has 0 spiro atoms. The first-order valence-electron chi connectivity index (χ1n) is 3.81. The number of rotatable bonds is 2. The van der Waals surface area contributed by atoms with E-state index in [1.807, 2.05) is 0 Å². The van der Waals surface area contributed by atoms with Gasteiger partial charge in [0.25, 0.3) is 5.92 Å². The summed E-state index contributed by atoms with van der Waals surface area (Å²) in [5, 5.41) is 2.76. The maximum Gasteiger partial charge on any atom is 0.261 e. The molecule has 4 heteroatoms. The monoisotopic (exact) mass is 227 g/mol. The fourth-order valence-corrected chi connectivity index (χ4v) is 1.78. The van der Waals surface area contributed by atoms with Crippen molar-refractivity contribution in [3.05, 3.63) is 0 Å². The number of hydrogen-bond acceptors (Lipinski definition) is 1. The molecule has 0 radical (unpaired) electrons. The number of nitrogens with one attached hydrogen (secondary N) is 1. The summed E-state index contributed by atoms with van der Waals surface area (Å²) in [6.45, 7) is 1.34. The molecule has 1 aliphatic rings. The lowest BCUT2D eigenvalue weighted by Gasteiger charge is -2.29. The maximum atomic E-state index is 13.0. The molecule has 1 saturated heterocycles. The minimum Gasteiger partial charge on any atom is -0.316 e. The minimum absolute atomic E-state index is 0.216. The largest absolute Gasteiger partial charge is 0.316 e. The van der Waals surface area contributed by atoms with E-state index in [0.717, 1.165) is 13.0 Å². The van der Waals surface area contributed by atoms with E-state index >= 15 is 0 Å². The predicted molar refractivity (Wildman–Crippen MR) is 44.3 cm³/mol. The first-order chi connectivity index (χ1) is 5.17. The molecule has 0 saturated carbocycles. The van der Waals surface area contributed by atoms with E-state index < -0.39 is 11.8 Å². The van der Waals surface area contributed by atoms with Gasteiger partial charge < -0.3 is 5.32 Å². The summed E-state index contributed by atoms with van der Waals surface area (Å²) >= 11 is 2.83. The number of piperidine rings is 1. The molecule has 1 atom stereocenters. The number of alkyl halides is 3. The number of hydrogen-bond donors (Lipinski definition) is 1. The van der Waals surface area contributed by atoms with Crippen LogP contribution in [0, 0.1) is 5.92 Å². The fourth-order valence-electron chi connectivity index (χ4n) is 1.32. The Labute approximate surface area is 73.7 Å². The minimum atomic E-state index is -2.53. The highest BCUT2D eigenvalue weighted by molar-refractivity contribution is 9.09. The summed E-state index contributed by atoms with van der Waals surface area (Å²) in [6.07, 6.45) is 1.51. The van der Waals surface area contributed by atoms with Crippen LogP contribution in [-0.2, 0) is 0 Å². The van der Waals surface area contributed by atoms with Crippen LogP contribution < -0.4 is 5.32 Å². The van der Waals surface area contributed by atoms with Crippen molar-refractivity contribution in [2.75, 3.05) is 18.4 Å². The molecule has 0 bridgehead atoms. The summed E-state index contributed by atoms with van der Waals surface area (Å²) in [4.78, 5) is 0. The molecule has 1 heterocycles. The summed E-state index contributed by atoms with van der Waals surface area (Å²) in [5.74, 6) is -3.01. The van der Waals surface area contributed by atoms with E-state index in [-0.39, 0.29) is 5.33 Å². The molecule has 1 N–H and O–H groups in total. The van der Waals surface area contributed by atoms with Crippen molar-refractivity contribution in [2.24, 2.45) is 5.92 Å². The van der Waals surface area contributed by atoms with Gasteiger partial charge in [-0.1, -0.05) is 15.9 Å². The lowest BCUT2D eigenvalue weighted by molar-refractivity contribution is -0.0414. The zero-order chi connectivity index (χ0) is 8.32. The third-order valence-electron chi connectivity index (χ3n) is 2.07. The van der Waals surface area contributed by atoms with E-state index in [9.17, 15) is 8.78 Å². The topological polar surface area (TPSA) is 12.0 Å². The van der Waals surface area contributed by atoms with Crippen molar-refractivity contribution < 1.29 is 8.78 Å². The third kappa shape index (κ3) is 2.37. The van der Waals surface area contributed by atoms with Crippen molar-refractivity contribution >= 4 is 15.9 Å². The van der Waals surface area contributed by atoms with Crippen LogP contribution in [0.3, 0.4) is 0 Å². The van der Waals surface area contributed by atoms with Crippen molar-refractivity contribution in [1.29, 1.82) is 0 Å². The lowest BCUT2D eigenvalue weighted by Crippen LogP contribution is -2.41. The molecule has 1 unspecified atom stereocenters. The fraction of sp³-hybridized carbons (Fsp3) is 1.00. The van der Waals surface area contributed by atoms with Gasteiger partial charge in [0.1, 0.15) is 0 Å². The van der Waals surface area contributed by atoms with Gasteiger partial charge in [-0.15, -0.1) is 0 Å². The lowest BCUT2D eigenvalue weighted by atomic mass is 9.94. The highest BCUT2D eigenvalue weighted by Gasteiger charge is 2.38.